The van der Waals surface area contributed by atoms with Crippen LogP contribution in [-0.4, -0.2) is 10.9 Å². The maximum atomic E-state index is 11.3. The zero-order valence-corrected chi connectivity index (χ0v) is 9.15. The third kappa shape index (κ3) is 2.11. The fraction of sp³-hybridized carbons (Fsp3) is 0.167. The molecule has 0 atom stereocenters. The second-order valence-electron chi connectivity index (χ2n) is 3.40. The van der Waals surface area contributed by atoms with Crippen LogP contribution in [0, 0.1) is 6.92 Å². The summed E-state index contributed by atoms with van der Waals surface area (Å²) >= 11 is 0. The summed E-state index contributed by atoms with van der Waals surface area (Å²) in [5.41, 5.74) is 2.18. The maximum absolute atomic E-state index is 11.3. The Morgan fingerprint density at radius 3 is 3.06 bits per heavy atom. The lowest BCUT2D eigenvalue weighted by molar-refractivity contribution is -0.111. The van der Waals surface area contributed by atoms with Crippen LogP contribution in [0.2, 0.25) is 0 Å². The van der Waals surface area contributed by atoms with E-state index in [-0.39, 0.29) is 5.91 Å². The number of nitrogens with zero attached hydrogens (tertiary/aromatic N) is 1. The summed E-state index contributed by atoms with van der Waals surface area (Å²) in [6.07, 6.45) is 3.16. The molecule has 0 aliphatic carbocycles. The molecule has 16 heavy (non-hydrogen) atoms. The van der Waals surface area contributed by atoms with Gasteiger partial charge in [-0.2, -0.15) is 0 Å². The molecule has 1 N–H and O–H groups in total. The SMILES string of the molecule is CC=CC(=O)Nc1ccc2oc(C)nc2c1. The summed E-state index contributed by atoms with van der Waals surface area (Å²) in [4.78, 5) is 15.5. The first-order valence-corrected chi connectivity index (χ1v) is 5.00. The number of carbonyl (C=O) groups excluding carboxylic acids is 1. The molecule has 1 amide bonds. The van der Waals surface area contributed by atoms with Crippen molar-refractivity contribution >= 4 is 22.7 Å². The highest BCUT2D eigenvalue weighted by Crippen LogP contribution is 2.19. The fourth-order valence-electron chi connectivity index (χ4n) is 1.46. The van der Waals surface area contributed by atoms with Crippen molar-refractivity contribution in [3.63, 3.8) is 0 Å². The zero-order valence-electron chi connectivity index (χ0n) is 9.15. The van der Waals surface area contributed by atoms with Gasteiger partial charge in [-0.05, 0) is 31.2 Å². The highest BCUT2D eigenvalue weighted by molar-refractivity contribution is 6.00. The van der Waals surface area contributed by atoms with Gasteiger partial charge in [0.1, 0.15) is 5.52 Å². The van der Waals surface area contributed by atoms with E-state index in [0.717, 1.165) is 11.1 Å². The molecule has 0 saturated carbocycles. The van der Waals surface area contributed by atoms with Gasteiger partial charge < -0.3 is 9.73 Å². The lowest BCUT2D eigenvalue weighted by Gasteiger charge is -2.00. The van der Waals surface area contributed by atoms with Crippen molar-refractivity contribution in [2.24, 2.45) is 0 Å². The Bertz CT molecular complexity index is 555. The highest BCUT2D eigenvalue weighted by atomic mass is 16.3. The van der Waals surface area contributed by atoms with Gasteiger partial charge in [0.25, 0.3) is 0 Å². The van der Waals surface area contributed by atoms with E-state index >= 15 is 0 Å². The number of nitrogens with one attached hydrogen (secondary N) is 1. The van der Waals surface area contributed by atoms with Crippen LogP contribution in [0.15, 0.2) is 34.8 Å². The molecule has 1 aromatic heterocycles. The van der Waals surface area contributed by atoms with Gasteiger partial charge in [-0.15, -0.1) is 0 Å². The summed E-state index contributed by atoms with van der Waals surface area (Å²) < 4.78 is 5.34. The Morgan fingerprint density at radius 1 is 1.50 bits per heavy atom. The second-order valence-corrected chi connectivity index (χ2v) is 3.40. The molecule has 0 saturated heterocycles. The van der Waals surface area contributed by atoms with Crippen molar-refractivity contribution in [3.05, 3.63) is 36.2 Å². The first kappa shape index (κ1) is 10.4. The van der Waals surface area contributed by atoms with E-state index in [1.807, 2.05) is 0 Å². The van der Waals surface area contributed by atoms with Gasteiger partial charge in [-0.1, -0.05) is 6.08 Å². The van der Waals surface area contributed by atoms with E-state index in [1.54, 1.807) is 38.1 Å². The van der Waals surface area contributed by atoms with Crippen LogP contribution in [0.3, 0.4) is 0 Å². The van der Waals surface area contributed by atoms with Crippen molar-refractivity contribution < 1.29 is 9.21 Å². The largest absolute Gasteiger partial charge is 0.441 e. The van der Waals surface area contributed by atoms with Crippen LogP contribution < -0.4 is 5.32 Å². The van der Waals surface area contributed by atoms with Crippen molar-refractivity contribution in [2.45, 2.75) is 13.8 Å². The predicted octanol–water partition coefficient (Wildman–Crippen LogP) is 2.65. The summed E-state index contributed by atoms with van der Waals surface area (Å²) in [5, 5.41) is 2.74. The standard InChI is InChI=1S/C12H12N2O2/c1-3-4-12(15)14-9-5-6-11-10(7-9)13-8(2)16-11/h3-7H,1-2H3,(H,14,15). The molecule has 1 aromatic carbocycles. The quantitative estimate of drug-likeness (QED) is 0.785. The van der Waals surface area contributed by atoms with Gasteiger partial charge in [0, 0.05) is 12.6 Å². The average Bonchev–Trinajstić information content (AvgIpc) is 2.57. The minimum atomic E-state index is -0.151. The van der Waals surface area contributed by atoms with E-state index < -0.39 is 0 Å². The molecule has 0 unspecified atom stereocenters. The first-order chi connectivity index (χ1) is 7.69. The number of oxazole rings is 1. The summed E-state index contributed by atoms with van der Waals surface area (Å²) in [5.74, 6) is 0.467. The molecule has 0 radical (unpaired) electrons. The number of hydrogen-bond donors (Lipinski definition) is 1. The number of carbonyl (C=O) groups is 1. The first-order valence-electron chi connectivity index (χ1n) is 5.00. The average molecular weight is 216 g/mol. The Kier molecular flexibility index (Phi) is 2.72. The van der Waals surface area contributed by atoms with Crippen LogP contribution in [0.4, 0.5) is 5.69 Å². The van der Waals surface area contributed by atoms with E-state index in [0.29, 0.717) is 11.6 Å². The molecule has 4 heteroatoms. The molecule has 0 aliphatic rings. The molecule has 2 aromatic rings. The van der Waals surface area contributed by atoms with E-state index in [2.05, 4.69) is 10.3 Å². The zero-order chi connectivity index (χ0) is 11.5. The lowest BCUT2D eigenvalue weighted by Crippen LogP contribution is -2.07. The van der Waals surface area contributed by atoms with Crippen molar-refractivity contribution in [1.82, 2.24) is 4.98 Å². The normalized spacial score (nSPS) is 11.1. The Balaban J connectivity index is 2.28. The van der Waals surface area contributed by atoms with Gasteiger partial charge in [0.2, 0.25) is 5.91 Å². The molecule has 1 heterocycles. The number of aromatic nitrogens is 1. The topological polar surface area (TPSA) is 55.1 Å². The Labute approximate surface area is 93.0 Å². The van der Waals surface area contributed by atoms with E-state index in [4.69, 9.17) is 4.42 Å². The number of amides is 1. The molecule has 0 fully saturated rings. The third-order valence-corrected chi connectivity index (χ3v) is 2.08. The van der Waals surface area contributed by atoms with Gasteiger partial charge in [-0.3, -0.25) is 4.79 Å². The highest BCUT2D eigenvalue weighted by Gasteiger charge is 2.04. The monoisotopic (exact) mass is 216 g/mol. The van der Waals surface area contributed by atoms with E-state index in [9.17, 15) is 4.79 Å². The third-order valence-electron chi connectivity index (χ3n) is 2.08. The number of hydrogen-bond acceptors (Lipinski definition) is 3. The summed E-state index contributed by atoms with van der Waals surface area (Å²) in [6.45, 7) is 3.59. The number of fused-ring (bicyclic) bond motifs is 1. The molecule has 82 valence electrons. The number of anilines is 1. The molecule has 0 bridgehead atoms. The minimum absolute atomic E-state index is 0.151. The lowest BCUT2D eigenvalue weighted by atomic mass is 10.3. The summed E-state index contributed by atoms with van der Waals surface area (Å²) in [7, 11) is 0. The molecular formula is C12H12N2O2. The molecule has 0 aliphatic heterocycles. The van der Waals surface area contributed by atoms with Crippen molar-refractivity contribution in [3.8, 4) is 0 Å². The van der Waals surface area contributed by atoms with Crippen LogP contribution in [0.1, 0.15) is 12.8 Å². The molecular weight excluding hydrogens is 204 g/mol. The molecule has 4 nitrogen and oxygen atoms in total. The molecule has 0 spiro atoms. The van der Waals surface area contributed by atoms with Gasteiger partial charge in [0.05, 0.1) is 0 Å². The summed E-state index contributed by atoms with van der Waals surface area (Å²) in [6, 6.07) is 5.36. The Morgan fingerprint density at radius 2 is 2.31 bits per heavy atom. The van der Waals surface area contributed by atoms with Crippen LogP contribution >= 0.6 is 0 Å². The number of allylic oxidation sites excluding steroid dienone is 1. The fourth-order valence-corrected chi connectivity index (χ4v) is 1.46. The predicted molar refractivity (Wildman–Crippen MR) is 62.2 cm³/mol. The van der Waals surface area contributed by atoms with Crippen LogP contribution in [0.5, 0.6) is 0 Å². The van der Waals surface area contributed by atoms with Gasteiger partial charge in [-0.25, -0.2) is 4.98 Å². The van der Waals surface area contributed by atoms with Crippen molar-refractivity contribution in [2.75, 3.05) is 5.32 Å². The molecule has 2 rings (SSSR count). The number of aryl methyl sites for hydroxylation is 1. The van der Waals surface area contributed by atoms with Crippen LogP contribution in [0.25, 0.3) is 11.1 Å². The van der Waals surface area contributed by atoms with Gasteiger partial charge >= 0.3 is 0 Å². The van der Waals surface area contributed by atoms with E-state index in [1.165, 1.54) is 6.08 Å². The van der Waals surface area contributed by atoms with Crippen molar-refractivity contribution in [1.29, 1.82) is 0 Å². The number of benzene rings is 1. The minimum Gasteiger partial charge on any atom is -0.441 e. The Hall–Kier alpha value is -2.10. The van der Waals surface area contributed by atoms with Crippen LogP contribution in [-0.2, 0) is 4.79 Å². The second kappa shape index (κ2) is 4.18. The maximum Gasteiger partial charge on any atom is 0.248 e. The van der Waals surface area contributed by atoms with Gasteiger partial charge in [0.15, 0.2) is 11.5 Å². The smallest absolute Gasteiger partial charge is 0.248 e. The number of rotatable bonds is 2.